The van der Waals surface area contributed by atoms with E-state index in [0.29, 0.717) is 12.9 Å². The van der Waals surface area contributed by atoms with Crippen molar-refractivity contribution >= 4 is 23.0 Å². The van der Waals surface area contributed by atoms with Crippen molar-refractivity contribution in [3.05, 3.63) is 34.3 Å². The van der Waals surface area contributed by atoms with Crippen LogP contribution < -0.4 is 0 Å². The standard InChI is InChI=1S/C10H15BBrNO2/c1-13(7-6-11(14)15)8-9-4-2-3-5-10(9)12/h2-5,14-15H,6-8H2,1H3. The maximum absolute atomic E-state index is 8.74. The molecule has 2 N–H and O–H groups in total. The lowest BCUT2D eigenvalue weighted by atomic mass is 9.86. The summed E-state index contributed by atoms with van der Waals surface area (Å²) in [5.41, 5.74) is 1.20. The predicted octanol–water partition coefficient (Wildman–Crippen LogP) is 1.35. The van der Waals surface area contributed by atoms with Crippen LogP contribution in [0.4, 0.5) is 0 Å². The molecule has 0 spiro atoms. The fraction of sp³-hybridized carbons (Fsp3) is 0.400. The minimum absolute atomic E-state index is 0.376. The fourth-order valence-electron chi connectivity index (χ4n) is 1.33. The first-order valence-electron chi connectivity index (χ1n) is 4.87. The van der Waals surface area contributed by atoms with Crippen molar-refractivity contribution in [2.24, 2.45) is 0 Å². The molecule has 0 aliphatic carbocycles. The Hall–Kier alpha value is -0.355. The molecule has 0 bridgehead atoms. The van der Waals surface area contributed by atoms with Crippen molar-refractivity contribution in [3.8, 4) is 0 Å². The quantitative estimate of drug-likeness (QED) is 0.795. The van der Waals surface area contributed by atoms with Gasteiger partial charge in [-0.2, -0.15) is 0 Å². The number of hydrogen-bond acceptors (Lipinski definition) is 3. The van der Waals surface area contributed by atoms with Gasteiger partial charge in [0.25, 0.3) is 0 Å². The van der Waals surface area contributed by atoms with E-state index in [-0.39, 0.29) is 0 Å². The first kappa shape index (κ1) is 12.7. The zero-order valence-electron chi connectivity index (χ0n) is 8.73. The van der Waals surface area contributed by atoms with Gasteiger partial charge in [0, 0.05) is 11.0 Å². The summed E-state index contributed by atoms with van der Waals surface area (Å²) >= 11 is 3.48. The molecule has 0 radical (unpaired) electrons. The highest BCUT2D eigenvalue weighted by molar-refractivity contribution is 9.10. The molecular formula is C10H15BBrNO2. The third kappa shape index (κ3) is 4.79. The maximum atomic E-state index is 8.74. The minimum Gasteiger partial charge on any atom is -0.427 e. The normalized spacial score (nSPS) is 10.7. The highest BCUT2D eigenvalue weighted by Gasteiger charge is 2.09. The lowest BCUT2D eigenvalue weighted by Gasteiger charge is -2.17. The van der Waals surface area contributed by atoms with Crippen LogP contribution in [0, 0.1) is 0 Å². The summed E-state index contributed by atoms with van der Waals surface area (Å²) in [6.45, 7) is 1.47. The predicted molar refractivity (Wildman–Crippen MR) is 65.5 cm³/mol. The molecule has 0 heterocycles. The molecule has 0 aromatic heterocycles. The van der Waals surface area contributed by atoms with Gasteiger partial charge in [0.2, 0.25) is 0 Å². The second kappa shape index (κ2) is 6.28. The van der Waals surface area contributed by atoms with Crippen LogP contribution >= 0.6 is 15.9 Å². The highest BCUT2D eigenvalue weighted by Crippen LogP contribution is 2.17. The Morgan fingerprint density at radius 1 is 1.33 bits per heavy atom. The molecule has 1 aromatic carbocycles. The fourth-order valence-corrected chi connectivity index (χ4v) is 1.74. The Kier molecular flexibility index (Phi) is 5.32. The summed E-state index contributed by atoms with van der Waals surface area (Å²) in [4.78, 5) is 2.06. The van der Waals surface area contributed by atoms with Gasteiger partial charge in [0.1, 0.15) is 0 Å². The van der Waals surface area contributed by atoms with Crippen LogP contribution in [-0.4, -0.2) is 35.7 Å². The number of nitrogens with zero attached hydrogens (tertiary/aromatic N) is 1. The molecule has 82 valence electrons. The smallest absolute Gasteiger partial charge is 0.427 e. The van der Waals surface area contributed by atoms with Gasteiger partial charge in [-0.1, -0.05) is 34.1 Å². The Morgan fingerprint density at radius 2 is 2.00 bits per heavy atom. The van der Waals surface area contributed by atoms with E-state index < -0.39 is 7.12 Å². The van der Waals surface area contributed by atoms with E-state index in [9.17, 15) is 0 Å². The van der Waals surface area contributed by atoms with Crippen molar-refractivity contribution in [1.82, 2.24) is 4.90 Å². The second-order valence-electron chi connectivity index (χ2n) is 3.60. The van der Waals surface area contributed by atoms with Gasteiger partial charge < -0.3 is 14.9 Å². The largest absolute Gasteiger partial charge is 0.452 e. The van der Waals surface area contributed by atoms with E-state index in [1.54, 1.807) is 0 Å². The van der Waals surface area contributed by atoms with Crippen LogP contribution in [0.25, 0.3) is 0 Å². The molecule has 1 rings (SSSR count). The van der Waals surface area contributed by atoms with E-state index in [2.05, 4.69) is 26.9 Å². The second-order valence-corrected chi connectivity index (χ2v) is 4.45. The summed E-state index contributed by atoms with van der Waals surface area (Å²) in [7, 11) is 0.744. The molecule has 0 fully saturated rings. The monoisotopic (exact) mass is 271 g/mol. The number of halogens is 1. The first-order valence-corrected chi connectivity index (χ1v) is 5.67. The molecule has 0 amide bonds. The van der Waals surface area contributed by atoms with Crippen LogP contribution in [0.2, 0.25) is 6.32 Å². The molecule has 15 heavy (non-hydrogen) atoms. The number of benzene rings is 1. The molecule has 0 saturated heterocycles. The molecular weight excluding hydrogens is 257 g/mol. The third-order valence-corrected chi connectivity index (χ3v) is 2.94. The minimum atomic E-state index is -1.22. The van der Waals surface area contributed by atoms with Crippen LogP contribution in [0.15, 0.2) is 28.7 Å². The van der Waals surface area contributed by atoms with Crippen molar-refractivity contribution in [2.45, 2.75) is 12.9 Å². The summed E-state index contributed by atoms with van der Waals surface area (Å²) < 4.78 is 1.08. The van der Waals surface area contributed by atoms with E-state index in [1.807, 2.05) is 25.2 Å². The zero-order chi connectivity index (χ0) is 11.3. The Bertz CT molecular complexity index is 309. The molecule has 0 unspecified atom stereocenters. The summed E-state index contributed by atoms with van der Waals surface area (Å²) in [5, 5.41) is 17.5. The molecule has 0 aliphatic rings. The topological polar surface area (TPSA) is 43.7 Å². The van der Waals surface area contributed by atoms with Crippen LogP contribution in [0.5, 0.6) is 0 Å². The van der Waals surface area contributed by atoms with Crippen molar-refractivity contribution in [1.29, 1.82) is 0 Å². The summed E-state index contributed by atoms with van der Waals surface area (Å²) in [5.74, 6) is 0. The van der Waals surface area contributed by atoms with Crippen molar-refractivity contribution in [2.75, 3.05) is 13.6 Å². The zero-order valence-corrected chi connectivity index (χ0v) is 10.3. The average Bonchev–Trinajstić information content (AvgIpc) is 2.18. The molecule has 0 aliphatic heterocycles. The van der Waals surface area contributed by atoms with Gasteiger partial charge in [-0.15, -0.1) is 0 Å². The third-order valence-electron chi connectivity index (χ3n) is 2.17. The maximum Gasteiger partial charge on any atom is 0.452 e. The van der Waals surface area contributed by atoms with Gasteiger partial charge in [0.05, 0.1) is 0 Å². The van der Waals surface area contributed by atoms with E-state index in [1.165, 1.54) is 5.56 Å². The highest BCUT2D eigenvalue weighted by atomic mass is 79.9. The van der Waals surface area contributed by atoms with Crippen LogP contribution in [0.3, 0.4) is 0 Å². The van der Waals surface area contributed by atoms with E-state index >= 15 is 0 Å². The van der Waals surface area contributed by atoms with Crippen molar-refractivity contribution in [3.63, 3.8) is 0 Å². The van der Waals surface area contributed by atoms with Crippen LogP contribution in [0.1, 0.15) is 5.56 Å². The Balaban J connectivity index is 2.44. The van der Waals surface area contributed by atoms with Gasteiger partial charge >= 0.3 is 7.12 Å². The molecule has 1 aromatic rings. The Morgan fingerprint density at radius 3 is 2.60 bits per heavy atom. The molecule has 3 nitrogen and oxygen atoms in total. The molecule has 0 saturated carbocycles. The number of hydrogen-bond donors (Lipinski definition) is 2. The molecule has 0 atom stereocenters. The van der Waals surface area contributed by atoms with Crippen LogP contribution in [-0.2, 0) is 6.54 Å². The lowest BCUT2D eigenvalue weighted by Crippen LogP contribution is -2.24. The Labute approximate surface area is 99.0 Å². The van der Waals surface area contributed by atoms with Gasteiger partial charge in [0.15, 0.2) is 0 Å². The average molecular weight is 272 g/mol. The van der Waals surface area contributed by atoms with Crippen molar-refractivity contribution < 1.29 is 10.0 Å². The van der Waals surface area contributed by atoms with Gasteiger partial charge in [-0.3, -0.25) is 0 Å². The number of rotatable bonds is 5. The SMILES string of the molecule is CN(CCB(O)O)Cc1ccccc1Br. The van der Waals surface area contributed by atoms with E-state index in [4.69, 9.17) is 10.0 Å². The van der Waals surface area contributed by atoms with Gasteiger partial charge in [-0.05, 0) is 31.5 Å². The molecule has 5 heteroatoms. The first-order chi connectivity index (χ1) is 7.09. The summed E-state index contributed by atoms with van der Waals surface area (Å²) in [6.07, 6.45) is 0.376. The summed E-state index contributed by atoms with van der Waals surface area (Å²) in [6, 6.07) is 8.03. The lowest BCUT2D eigenvalue weighted by molar-refractivity contribution is 0.324. The van der Waals surface area contributed by atoms with E-state index in [0.717, 1.165) is 11.0 Å². The van der Waals surface area contributed by atoms with Gasteiger partial charge in [-0.25, -0.2) is 0 Å².